The number of hydrogen-bond acceptors (Lipinski definition) is 3. The molecule has 2 aromatic rings. The molecule has 1 aromatic carbocycles. The van der Waals surface area contributed by atoms with Crippen molar-refractivity contribution in [1.29, 1.82) is 0 Å². The summed E-state index contributed by atoms with van der Waals surface area (Å²) in [6.07, 6.45) is 1.08. The number of H-pyrrole nitrogens is 1. The third kappa shape index (κ3) is 1.45. The van der Waals surface area contributed by atoms with Gasteiger partial charge >= 0.3 is 5.97 Å². The van der Waals surface area contributed by atoms with Gasteiger partial charge in [-0.1, -0.05) is 0 Å². The molecule has 0 unspecified atom stereocenters. The van der Waals surface area contributed by atoms with Crippen molar-refractivity contribution < 1.29 is 14.3 Å². The number of rotatable bonds is 1. The molecule has 0 saturated carbocycles. The lowest BCUT2D eigenvalue weighted by atomic mass is 10.1. The summed E-state index contributed by atoms with van der Waals surface area (Å²) in [6, 6.07) is 1.78. The van der Waals surface area contributed by atoms with Gasteiger partial charge in [-0.2, -0.15) is 0 Å². The number of carbonyl (C=O) groups is 1. The maximum atomic E-state index is 13.0. The van der Waals surface area contributed by atoms with E-state index in [1.807, 2.05) is 0 Å². The SMILES string of the molecule is O=C(O)c1cc(F)cc2c(=O)[nH]cnc12. The zero-order valence-corrected chi connectivity index (χ0v) is 7.32. The van der Waals surface area contributed by atoms with Crippen LogP contribution in [0, 0.1) is 5.82 Å². The standard InChI is InChI=1S/C9H5FN2O3/c10-4-1-5-7(6(2-4)9(14)15)11-3-12-8(5)13/h1-3H,(H,14,15)(H,11,12,13). The van der Waals surface area contributed by atoms with Gasteiger partial charge < -0.3 is 10.1 Å². The third-order valence-electron chi connectivity index (χ3n) is 1.94. The molecular formula is C9H5FN2O3. The summed E-state index contributed by atoms with van der Waals surface area (Å²) in [5.74, 6) is -2.10. The number of aromatic amines is 1. The predicted molar refractivity (Wildman–Crippen MR) is 49.3 cm³/mol. The average Bonchev–Trinajstić information content (AvgIpc) is 2.18. The minimum atomic E-state index is -1.32. The van der Waals surface area contributed by atoms with Crippen molar-refractivity contribution in [2.75, 3.05) is 0 Å². The van der Waals surface area contributed by atoms with Crippen molar-refractivity contribution in [3.63, 3.8) is 0 Å². The van der Waals surface area contributed by atoms with Gasteiger partial charge in [0.05, 0.1) is 22.8 Å². The number of nitrogens with zero attached hydrogens (tertiary/aromatic N) is 1. The number of benzene rings is 1. The highest BCUT2D eigenvalue weighted by Crippen LogP contribution is 2.14. The highest BCUT2D eigenvalue weighted by Gasteiger charge is 2.13. The van der Waals surface area contributed by atoms with Gasteiger partial charge in [-0.15, -0.1) is 0 Å². The van der Waals surface area contributed by atoms with Gasteiger partial charge in [0, 0.05) is 0 Å². The van der Waals surface area contributed by atoms with Crippen molar-refractivity contribution in [3.8, 4) is 0 Å². The van der Waals surface area contributed by atoms with Crippen LogP contribution in [0.3, 0.4) is 0 Å². The number of hydrogen-bond donors (Lipinski definition) is 2. The first-order chi connectivity index (χ1) is 7.09. The molecule has 0 atom stereocenters. The van der Waals surface area contributed by atoms with Crippen molar-refractivity contribution in [3.05, 3.63) is 40.2 Å². The Hall–Kier alpha value is -2.24. The molecule has 6 heteroatoms. The first-order valence-corrected chi connectivity index (χ1v) is 4.00. The minimum Gasteiger partial charge on any atom is -0.478 e. The van der Waals surface area contributed by atoms with Crippen molar-refractivity contribution in [2.45, 2.75) is 0 Å². The summed E-state index contributed by atoms with van der Waals surface area (Å²) in [5.41, 5.74) is -0.911. The lowest BCUT2D eigenvalue weighted by Gasteiger charge is -2.00. The molecule has 0 radical (unpaired) electrons. The van der Waals surface area contributed by atoms with Crippen LogP contribution >= 0.6 is 0 Å². The molecule has 5 nitrogen and oxygen atoms in total. The monoisotopic (exact) mass is 208 g/mol. The smallest absolute Gasteiger partial charge is 0.338 e. The molecule has 1 aromatic heterocycles. The van der Waals surface area contributed by atoms with Gasteiger partial charge in [0.1, 0.15) is 5.82 Å². The van der Waals surface area contributed by atoms with E-state index in [1.165, 1.54) is 0 Å². The van der Waals surface area contributed by atoms with E-state index < -0.39 is 17.3 Å². The Kier molecular flexibility index (Phi) is 1.96. The van der Waals surface area contributed by atoms with Crippen LogP contribution in [0.4, 0.5) is 4.39 Å². The fourth-order valence-electron chi connectivity index (χ4n) is 1.31. The maximum absolute atomic E-state index is 13.0. The minimum absolute atomic E-state index is 0.0207. The van der Waals surface area contributed by atoms with E-state index in [4.69, 9.17) is 5.11 Å². The van der Waals surface area contributed by atoms with E-state index in [2.05, 4.69) is 9.97 Å². The Morgan fingerprint density at radius 2 is 2.20 bits per heavy atom. The van der Waals surface area contributed by atoms with Crippen LogP contribution in [-0.4, -0.2) is 21.0 Å². The van der Waals surface area contributed by atoms with Gasteiger partial charge in [0.2, 0.25) is 0 Å². The predicted octanol–water partition coefficient (Wildman–Crippen LogP) is 0.760. The fraction of sp³-hybridized carbons (Fsp3) is 0. The Labute approximate surface area is 82.2 Å². The lowest BCUT2D eigenvalue weighted by molar-refractivity contribution is 0.0698. The Morgan fingerprint density at radius 1 is 1.47 bits per heavy atom. The molecule has 2 N–H and O–H groups in total. The zero-order valence-electron chi connectivity index (χ0n) is 7.32. The molecule has 0 bridgehead atoms. The average molecular weight is 208 g/mol. The van der Waals surface area contributed by atoms with Gasteiger partial charge in [0.25, 0.3) is 5.56 Å². The number of carboxylic acid groups (broad SMARTS) is 1. The topological polar surface area (TPSA) is 83.0 Å². The number of halogens is 1. The van der Waals surface area contributed by atoms with E-state index in [9.17, 15) is 14.0 Å². The second kappa shape index (κ2) is 3.16. The van der Waals surface area contributed by atoms with Crippen LogP contribution in [0.2, 0.25) is 0 Å². The van der Waals surface area contributed by atoms with Gasteiger partial charge in [-0.05, 0) is 12.1 Å². The van der Waals surface area contributed by atoms with Crippen molar-refractivity contribution >= 4 is 16.9 Å². The van der Waals surface area contributed by atoms with E-state index in [1.54, 1.807) is 0 Å². The third-order valence-corrected chi connectivity index (χ3v) is 1.94. The van der Waals surface area contributed by atoms with Crippen LogP contribution in [0.25, 0.3) is 10.9 Å². The van der Waals surface area contributed by atoms with Gasteiger partial charge in [-0.3, -0.25) is 4.79 Å². The molecule has 15 heavy (non-hydrogen) atoms. The first-order valence-electron chi connectivity index (χ1n) is 4.00. The highest BCUT2D eigenvalue weighted by atomic mass is 19.1. The van der Waals surface area contributed by atoms with Gasteiger partial charge in [-0.25, -0.2) is 14.2 Å². The summed E-state index contributed by atoms with van der Waals surface area (Å²) in [4.78, 5) is 28.0. The van der Waals surface area contributed by atoms with Crippen LogP contribution < -0.4 is 5.56 Å². The maximum Gasteiger partial charge on any atom is 0.338 e. The van der Waals surface area contributed by atoms with E-state index >= 15 is 0 Å². The summed E-state index contributed by atoms with van der Waals surface area (Å²) < 4.78 is 13.0. The normalized spacial score (nSPS) is 10.5. The number of carboxylic acids is 1. The van der Waals surface area contributed by atoms with Crippen LogP contribution in [0.5, 0.6) is 0 Å². The van der Waals surface area contributed by atoms with Crippen molar-refractivity contribution in [1.82, 2.24) is 9.97 Å². The lowest BCUT2D eigenvalue weighted by Crippen LogP contribution is -2.10. The molecule has 1 heterocycles. The Balaban J connectivity index is 2.99. The molecule has 0 fully saturated rings. The molecule has 0 aliphatic heterocycles. The van der Waals surface area contributed by atoms with E-state index in [0.29, 0.717) is 0 Å². The molecular weight excluding hydrogens is 203 g/mol. The second-order valence-electron chi connectivity index (χ2n) is 2.89. The van der Waals surface area contributed by atoms with E-state index in [0.717, 1.165) is 18.5 Å². The number of fused-ring (bicyclic) bond motifs is 1. The Bertz CT molecular complexity index is 606. The quantitative estimate of drug-likeness (QED) is 0.724. The molecule has 0 spiro atoms. The molecule has 76 valence electrons. The summed E-state index contributed by atoms with van der Waals surface area (Å²) in [6.45, 7) is 0. The zero-order chi connectivity index (χ0) is 11.0. The number of aromatic carboxylic acids is 1. The van der Waals surface area contributed by atoms with Crippen LogP contribution in [-0.2, 0) is 0 Å². The molecule has 0 aliphatic rings. The molecule has 0 aliphatic carbocycles. The summed E-state index contributed by atoms with van der Waals surface area (Å²) in [7, 11) is 0. The fourth-order valence-corrected chi connectivity index (χ4v) is 1.31. The van der Waals surface area contributed by atoms with E-state index in [-0.39, 0.29) is 16.5 Å². The molecule has 0 saturated heterocycles. The molecule has 2 rings (SSSR count). The number of aromatic nitrogens is 2. The largest absolute Gasteiger partial charge is 0.478 e. The summed E-state index contributed by atoms with van der Waals surface area (Å²) in [5, 5.41) is 8.71. The van der Waals surface area contributed by atoms with Gasteiger partial charge in [0.15, 0.2) is 0 Å². The first kappa shape index (κ1) is 9.32. The number of nitrogens with one attached hydrogen (secondary N) is 1. The van der Waals surface area contributed by atoms with Crippen molar-refractivity contribution in [2.24, 2.45) is 0 Å². The molecule has 0 amide bonds. The Morgan fingerprint density at radius 3 is 2.87 bits per heavy atom. The van der Waals surface area contributed by atoms with Crippen LogP contribution in [0.1, 0.15) is 10.4 Å². The summed E-state index contributed by atoms with van der Waals surface area (Å²) >= 11 is 0. The second-order valence-corrected chi connectivity index (χ2v) is 2.89. The van der Waals surface area contributed by atoms with Crippen LogP contribution in [0.15, 0.2) is 23.3 Å². The highest BCUT2D eigenvalue weighted by molar-refractivity contribution is 6.01.